The maximum absolute atomic E-state index is 5.60. The minimum Gasteiger partial charge on any atom is -0.421 e. The Hall–Kier alpha value is -1.20. The van der Waals surface area contributed by atoms with E-state index in [9.17, 15) is 0 Å². The zero-order valence-corrected chi connectivity index (χ0v) is 11.2. The summed E-state index contributed by atoms with van der Waals surface area (Å²) in [6, 6.07) is 7.81. The lowest BCUT2D eigenvalue weighted by Crippen LogP contribution is -2.16. The molecule has 0 aliphatic rings. The first-order chi connectivity index (χ1) is 8.31. The Labute approximate surface area is 109 Å². The fourth-order valence-corrected chi connectivity index (χ4v) is 1.92. The molecule has 4 nitrogen and oxygen atoms in total. The highest BCUT2D eigenvalue weighted by atomic mass is 79.9. The Morgan fingerprint density at radius 1 is 1.29 bits per heavy atom. The molecule has 0 aliphatic heterocycles. The van der Waals surface area contributed by atoms with E-state index in [0.29, 0.717) is 11.8 Å². The second-order valence-electron chi connectivity index (χ2n) is 3.58. The summed E-state index contributed by atoms with van der Waals surface area (Å²) in [4.78, 5) is 0. The molecule has 17 heavy (non-hydrogen) atoms. The average Bonchev–Trinajstić information content (AvgIpc) is 2.79. The van der Waals surface area contributed by atoms with E-state index in [2.05, 4.69) is 38.4 Å². The lowest BCUT2D eigenvalue weighted by molar-refractivity contribution is 0.496. The summed E-state index contributed by atoms with van der Waals surface area (Å²) in [7, 11) is 0. The lowest BCUT2D eigenvalue weighted by Gasteiger charge is -1.98. The zero-order valence-electron chi connectivity index (χ0n) is 9.61. The largest absolute Gasteiger partial charge is 0.421 e. The van der Waals surface area contributed by atoms with Crippen molar-refractivity contribution in [3.05, 3.63) is 34.6 Å². The zero-order chi connectivity index (χ0) is 12.1. The van der Waals surface area contributed by atoms with Crippen LogP contribution in [0.15, 0.2) is 33.2 Å². The third-order valence-electron chi connectivity index (χ3n) is 2.34. The van der Waals surface area contributed by atoms with E-state index in [1.165, 1.54) is 0 Å². The molecule has 0 amide bonds. The van der Waals surface area contributed by atoms with Gasteiger partial charge in [0.15, 0.2) is 0 Å². The number of aromatic nitrogens is 2. The van der Waals surface area contributed by atoms with Crippen LogP contribution in [0.2, 0.25) is 0 Å². The van der Waals surface area contributed by atoms with Crippen LogP contribution < -0.4 is 5.32 Å². The summed E-state index contributed by atoms with van der Waals surface area (Å²) in [6.07, 6.45) is 0.755. The Morgan fingerprint density at radius 2 is 2.12 bits per heavy atom. The number of halogens is 1. The fourth-order valence-electron chi connectivity index (χ4n) is 1.47. The Kier molecular flexibility index (Phi) is 4.28. The summed E-state index contributed by atoms with van der Waals surface area (Å²) in [5, 5.41) is 11.3. The van der Waals surface area contributed by atoms with Gasteiger partial charge >= 0.3 is 0 Å². The van der Waals surface area contributed by atoms with Crippen molar-refractivity contribution in [2.75, 3.05) is 13.1 Å². The maximum atomic E-state index is 5.60. The highest BCUT2D eigenvalue weighted by Crippen LogP contribution is 2.26. The molecule has 0 saturated carbocycles. The maximum Gasteiger partial charge on any atom is 0.248 e. The number of hydrogen-bond donors (Lipinski definition) is 1. The van der Waals surface area contributed by atoms with Crippen molar-refractivity contribution in [1.82, 2.24) is 15.5 Å². The number of hydrogen-bond acceptors (Lipinski definition) is 4. The van der Waals surface area contributed by atoms with Crippen LogP contribution in [0.25, 0.3) is 11.5 Å². The van der Waals surface area contributed by atoms with Gasteiger partial charge in [-0.3, -0.25) is 0 Å². The van der Waals surface area contributed by atoms with Gasteiger partial charge in [0.05, 0.1) is 5.56 Å². The molecule has 0 spiro atoms. The van der Waals surface area contributed by atoms with Crippen LogP contribution >= 0.6 is 15.9 Å². The second-order valence-corrected chi connectivity index (χ2v) is 4.44. The molecule has 1 N–H and O–H groups in total. The molecular formula is C12H14BrN3O. The molecule has 0 saturated heterocycles. The Morgan fingerprint density at radius 3 is 2.88 bits per heavy atom. The smallest absolute Gasteiger partial charge is 0.248 e. The van der Waals surface area contributed by atoms with Gasteiger partial charge in [-0.25, -0.2) is 0 Å². The molecule has 0 unspecified atom stereocenters. The SMILES string of the molecule is CCNCCc1nnc(-c2ccccc2Br)o1. The van der Waals surface area contributed by atoms with E-state index in [1.54, 1.807) is 0 Å². The van der Waals surface area contributed by atoms with E-state index >= 15 is 0 Å². The fraction of sp³-hybridized carbons (Fsp3) is 0.333. The molecule has 0 bridgehead atoms. The first kappa shape index (κ1) is 12.3. The van der Waals surface area contributed by atoms with Crippen molar-refractivity contribution in [2.24, 2.45) is 0 Å². The van der Waals surface area contributed by atoms with Crippen molar-refractivity contribution in [1.29, 1.82) is 0 Å². The van der Waals surface area contributed by atoms with Gasteiger partial charge in [-0.1, -0.05) is 19.1 Å². The van der Waals surface area contributed by atoms with Gasteiger partial charge < -0.3 is 9.73 Å². The van der Waals surface area contributed by atoms with Gasteiger partial charge in [-0.05, 0) is 34.6 Å². The van der Waals surface area contributed by atoms with Gasteiger partial charge in [-0.15, -0.1) is 10.2 Å². The highest BCUT2D eigenvalue weighted by Gasteiger charge is 2.10. The minimum absolute atomic E-state index is 0.559. The Balaban J connectivity index is 2.10. The van der Waals surface area contributed by atoms with Crippen molar-refractivity contribution < 1.29 is 4.42 Å². The van der Waals surface area contributed by atoms with Gasteiger partial charge in [0.1, 0.15) is 0 Å². The molecule has 2 rings (SSSR count). The molecule has 1 aromatic heterocycles. The van der Waals surface area contributed by atoms with Crippen molar-refractivity contribution >= 4 is 15.9 Å². The average molecular weight is 296 g/mol. The standard InChI is InChI=1S/C12H14BrN3O/c1-2-14-8-7-11-15-16-12(17-11)9-5-3-4-6-10(9)13/h3-6,14H,2,7-8H2,1H3. The summed E-state index contributed by atoms with van der Waals surface area (Å²) in [5.74, 6) is 1.22. The van der Waals surface area contributed by atoms with Crippen LogP contribution in [0.4, 0.5) is 0 Å². The molecule has 0 radical (unpaired) electrons. The molecular weight excluding hydrogens is 282 g/mol. The molecule has 1 heterocycles. The first-order valence-electron chi connectivity index (χ1n) is 5.59. The van der Waals surface area contributed by atoms with E-state index in [0.717, 1.165) is 29.5 Å². The van der Waals surface area contributed by atoms with Gasteiger partial charge in [0, 0.05) is 17.4 Å². The third-order valence-corrected chi connectivity index (χ3v) is 3.03. The molecule has 5 heteroatoms. The molecule has 0 atom stereocenters. The molecule has 1 aromatic carbocycles. The predicted molar refractivity (Wildman–Crippen MR) is 69.7 cm³/mol. The summed E-state index contributed by atoms with van der Waals surface area (Å²) in [6.45, 7) is 3.87. The van der Waals surface area contributed by atoms with Crippen molar-refractivity contribution in [3.8, 4) is 11.5 Å². The van der Waals surface area contributed by atoms with Gasteiger partial charge in [0.25, 0.3) is 0 Å². The highest BCUT2D eigenvalue weighted by molar-refractivity contribution is 9.10. The van der Waals surface area contributed by atoms with Crippen molar-refractivity contribution in [2.45, 2.75) is 13.3 Å². The number of nitrogens with one attached hydrogen (secondary N) is 1. The molecule has 0 fully saturated rings. The normalized spacial score (nSPS) is 10.7. The lowest BCUT2D eigenvalue weighted by atomic mass is 10.2. The molecule has 90 valence electrons. The number of rotatable bonds is 5. The molecule has 2 aromatic rings. The quantitative estimate of drug-likeness (QED) is 0.862. The minimum atomic E-state index is 0.559. The Bertz CT molecular complexity index is 484. The van der Waals surface area contributed by atoms with Crippen LogP contribution in [-0.2, 0) is 6.42 Å². The van der Waals surface area contributed by atoms with E-state index in [-0.39, 0.29) is 0 Å². The predicted octanol–water partition coefficient (Wildman–Crippen LogP) is 2.65. The van der Waals surface area contributed by atoms with Crippen LogP contribution in [0.3, 0.4) is 0 Å². The second kappa shape index (κ2) is 5.93. The van der Waals surface area contributed by atoms with E-state index in [4.69, 9.17) is 4.42 Å². The first-order valence-corrected chi connectivity index (χ1v) is 6.38. The third kappa shape index (κ3) is 3.14. The number of likely N-dealkylation sites (N-methyl/N-ethyl adjacent to an activating group) is 1. The summed E-state index contributed by atoms with van der Waals surface area (Å²) >= 11 is 3.47. The number of benzene rings is 1. The topological polar surface area (TPSA) is 51.0 Å². The van der Waals surface area contributed by atoms with Crippen molar-refractivity contribution in [3.63, 3.8) is 0 Å². The van der Waals surface area contributed by atoms with Crippen LogP contribution in [-0.4, -0.2) is 23.3 Å². The van der Waals surface area contributed by atoms with Gasteiger partial charge in [0.2, 0.25) is 11.8 Å². The van der Waals surface area contributed by atoms with E-state index in [1.807, 2.05) is 24.3 Å². The monoisotopic (exact) mass is 295 g/mol. The number of nitrogens with zero attached hydrogens (tertiary/aromatic N) is 2. The van der Waals surface area contributed by atoms with Crippen LogP contribution in [0.5, 0.6) is 0 Å². The van der Waals surface area contributed by atoms with Gasteiger partial charge in [-0.2, -0.15) is 0 Å². The van der Waals surface area contributed by atoms with Crippen LogP contribution in [0.1, 0.15) is 12.8 Å². The van der Waals surface area contributed by atoms with Crippen LogP contribution in [0, 0.1) is 0 Å². The summed E-state index contributed by atoms with van der Waals surface area (Å²) in [5.41, 5.74) is 0.926. The molecule has 0 aliphatic carbocycles. The van der Waals surface area contributed by atoms with E-state index < -0.39 is 0 Å². The summed E-state index contributed by atoms with van der Waals surface area (Å²) < 4.78 is 6.56.